The van der Waals surface area contributed by atoms with E-state index in [-0.39, 0.29) is 0 Å². The number of aromatic nitrogens is 3. The van der Waals surface area contributed by atoms with Crippen molar-refractivity contribution in [3.8, 4) is 0 Å². The number of hydrogen-bond donors (Lipinski definition) is 2. The highest BCUT2D eigenvalue weighted by atomic mass is 32.1. The van der Waals surface area contributed by atoms with Gasteiger partial charge in [-0.25, -0.2) is 9.97 Å². The Bertz CT molecular complexity index is 446. The lowest BCUT2D eigenvalue weighted by molar-refractivity contribution is 0.678. The normalized spacial score (nSPS) is 10.9. The molecule has 0 spiro atoms. The van der Waals surface area contributed by atoms with Gasteiger partial charge in [0.15, 0.2) is 0 Å². The molecule has 4 nitrogen and oxygen atoms in total. The molecule has 2 aromatic heterocycles. The Labute approximate surface area is 99.2 Å². The second-order valence-corrected chi connectivity index (χ2v) is 4.87. The first kappa shape index (κ1) is 11.3. The molecule has 0 atom stereocenters. The molecule has 2 aromatic rings. The van der Waals surface area contributed by atoms with Crippen molar-refractivity contribution in [2.75, 3.05) is 0 Å². The fraction of sp³-hybridized carbons (Fsp3) is 0.455. The molecule has 0 saturated heterocycles. The molecule has 0 radical (unpaired) electrons. The van der Waals surface area contributed by atoms with Crippen LogP contribution in [0.15, 0.2) is 12.4 Å². The number of aromatic amines is 1. The molecule has 0 bridgehead atoms. The molecule has 0 saturated carbocycles. The zero-order valence-electron chi connectivity index (χ0n) is 9.58. The molecule has 0 aromatic carbocycles. The minimum absolute atomic E-state index is 0.807. The first-order valence-electron chi connectivity index (χ1n) is 5.42. The van der Waals surface area contributed by atoms with Gasteiger partial charge in [-0.3, -0.25) is 0 Å². The van der Waals surface area contributed by atoms with Crippen LogP contribution in [0.1, 0.15) is 28.3 Å². The molecule has 2 heterocycles. The molecule has 0 fully saturated rings. The number of aryl methyl sites for hydroxylation is 2. The maximum absolute atomic E-state index is 4.35. The molecular formula is C11H16N4S. The standard InChI is InChI=1S/C11H16N4S/c1-3-10-6-14-11(16-10)7-12-4-9-5-13-8(2)15-9/h5-6,12H,3-4,7H2,1-2H3,(H,13,15). The lowest BCUT2D eigenvalue weighted by Crippen LogP contribution is -2.12. The summed E-state index contributed by atoms with van der Waals surface area (Å²) < 4.78 is 0. The van der Waals surface area contributed by atoms with Crippen molar-refractivity contribution in [2.45, 2.75) is 33.4 Å². The van der Waals surface area contributed by atoms with E-state index < -0.39 is 0 Å². The summed E-state index contributed by atoms with van der Waals surface area (Å²) in [6, 6.07) is 0. The molecule has 0 amide bonds. The Hall–Kier alpha value is -1.20. The van der Waals surface area contributed by atoms with Gasteiger partial charge in [-0.05, 0) is 13.3 Å². The highest BCUT2D eigenvalue weighted by molar-refractivity contribution is 7.11. The Morgan fingerprint density at radius 1 is 1.31 bits per heavy atom. The molecular weight excluding hydrogens is 220 g/mol. The SMILES string of the molecule is CCc1cnc(CNCc2cnc(C)[nH]2)s1. The van der Waals surface area contributed by atoms with E-state index >= 15 is 0 Å². The van der Waals surface area contributed by atoms with Gasteiger partial charge in [-0.2, -0.15) is 0 Å². The summed E-state index contributed by atoms with van der Waals surface area (Å²) in [6.45, 7) is 5.74. The van der Waals surface area contributed by atoms with E-state index in [4.69, 9.17) is 0 Å². The molecule has 2 N–H and O–H groups in total. The third-order valence-electron chi connectivity index (χ3n) is 2.30. The van der Waals surface area contributed by atoms with Crippen LogP contribution in [0.5, 0.6) is 0 Å². The second kappa shape index (κ2) is 5.23. The Morgan fingerprint density at radius 3 is 2.81 bits per heavy atom. The van der Waals surface area contributed by atoms with Crippen LogP contribution in [0.25, 0.3) is 0 Å². The van der Waals surface area contributed by atoms with E-state index in [1.807, 2.05) is 19.3 Å². The molecule has 2 rings (SSSR count). The summed E-state index contributed by atoms with van der Waals surface area (Å²) in [7, 11) is 0. The number of hydrogen-bond acceptors (Lipinski definition) is 4. The van der Waals surface area contributed by atoms with E-state index in [1.54, 1.807) is 11.3 Å². The largest absolute Gasteiger partial charge is 0.345 e. The van der Waals surface area contributed by atoms with Crippen LogP contribution >= 0.6 is 11.3 Å². The first-order chi connectivity index (χ1) is 7.78. The Balaban J connectivity index is 1.79. The van der Waals surface area contributed by atoms with E-state index in [0.29, 0.717) is 0 Å². The van der Waals surface area contributed by atoms with E-state index in [9.17, 15) is 0 Å². The molecule has 86 valence electrons. The van der Waals surface area contributed by atoms with Gasteiger partial charge in [0.1, 0.15) is 10.8 Å². The zero-order chi connectivity index (χ0) is 11.4. The number of H-pyrrole nitrogens is 1. The summed E-state index contributed by atoms with van der Waals surface area (Å²) in [4.78, 5) is 13.0. The maximum atomic E-state index is 4.35. The predicted octanol–water partition coefficient (Wildman–Crippen LogP) is 2.03. The van der Waals surface area contributed by atoms with Gasteiger partial charge in [0.25, 0.3) is 0 Å². The summed E-state index contributed by atoms with van der Waals surface area (Å²) in [6.07, 6.45) is 4.89. The third-order valence-corrected chi connectivity index (χ3v) is 3.44. The van der Waals surface area contributed by atoms with Crippen molar-refractivity contribution in [3.05, 3.63) is 33.8 Å². The predicted molar refractivity (Wildman–Crippen MR) is 65.4 cm³/mol. The lowest BCUT2D eigenvalue weighted by atomic mass is 10.4. The van der Waals surface area contributed by atoms with E-state index in [0.717, 1.165) is 36.0 Å². The van der Waals surface area contributed by atoms with E-state index in [1.165, 1.54) is 4.88 Å². The molecule has 0 unspecified atom stereocenters. The average molecular weight is 236 g/mol. The smallest absolute Gasteiger partial charge is 0.107 e. The van der Waals surface area contributed by atoms with Gasteiger partial charge in [0.05, 0.1) is 0 Å². The van der Waals surface area contributed by atoms with E-state index in [2.05, 4.69) is 27.2 Å². The molecule has 5 heteroatoms. The molecule has 0 aliphatic heterocycles. The summed E-state index contributed by atoms with van der Waals surface area (Å²) in [5.41, 5.74) is 1.12. The van der Waals surface area contributed by atoms with Crippen LogP contribution < -0.4 is 5.32 Å². The Kier molecular flexibility index (Phi) is 3.69. The molecule has 0 aliphatic carbocycles. The summed E-state index contributed by atoms with van der Waals surface area (Å²) >= 11 is 1.77. The van der Waals surface area contributed by atoms with Gasteiger partial charge >= 0.3 is 0 Å². The molecule has 0 aliphatic rings. The Morgan fingerprint density at radius 2 is 2.19 bits per heavy atom. The third kappa shape index (κ3) is 2.90. The monoisotopic (exact) mass is 236 g/mol. The first-order valence-corrected chi connectivity index (χ1v) is 6.24. The van der Waals surface area contributed by atoms with Crippen LogP contribution in [-0.4, -0.2) is 15.0 Å². The lowest BCUT2D eigenvalue weighted by Gasteiger charge is -1.99. The van der Waals surface area contributed by atoms with Crippen LogP contribution in [0, 0.1) is 6.92 Å². The zero-order valence-corrected chi connectivity index (χ0v) is 10.4. The minimum atomic E-state index is 0.807. The van der Waals surface area contributed by atoms with Crippen molar-refractivity contribution < 1.29 is 0 Å². The van der Waals surface area contributed by atoms with Crippen LogP contribution in [0.4, 0.5) is 0 Å². The topological polar surface area (TPSA) is 53.6 Å². The fourth-order valence-corrected chi connectivity index (χ4v) is 2.29. The van der Waals surface area contributed by atoms with Crippen molar-refractivity contribution >= 4 is 11.3 Å². The number of nitrogens with one attached hydrogen (secondary N) is 2. The van der Waals surface area contributed by atoms with Crippen LogP contribution in [-0.2, 0) is 19.5 Å². The van der Waals surface area contributed by atoms with Crippen molar-refractivity contribution in [3.63, 3.8) is 0 Å². The van der Waals surface area contributed by atoms with Gasteiger partial charge in [0, 0.05) is 36.1 Å². The highest BCUT2D eigenvalue weighted by Gasteiger charge is 2.01. The van der Waals surface area contributed by atoms with Gasteiger partial charge in [0.2, 0.25) is 0 Å². The quantitative estimate of drug-likeness (QED) is 0.835. The van der Waals surface area contributed by atoms with Gasteiger partial charge in [-0.15, -0.1) is 11.3 Å². The average Bonchev–Trinajstić information content (AvgIpc) is 2.88. The van der Waals surface area contributed by atoms with Crippen molar-refractivity contribution in [2.24, 2.45) is 0 Å². The van der Waals surface area contributed by atoms with Gasteiger partial charge < -0.3 is 10.3 Å². The summed E-state index contributed by atoms with van der Waals surface area (Å²) in [5.74, 6) is 0.958. The fourth-order valence-electron chi connectivity index (χ4n) is 1.46. The van der Waals surface area contributed by atoms with Crippen molar-refractivity contribution in [1.29, 1.82) is 0 Å². The summed E-state index contributed by atoms with van der Waals surface area (Å²) in [5, 5.41) is 4.49. The van der Waals surface area contributed by atoms with Crippen molar-refractivity contribution in [1.82, 2.24) is 20.3 Å². The number of imidazole rings is 1. The second-order valence-electron chi connectivity index (χ2n) is 3.67. The maximum Gasteiger partial charge on any atom is 0.107 e. The molecule has 16 heavy (non-hydrogen) atoms. The highest BCUT2D eigenvalue weighted by Crippen LogP contribution is 2.12. The number of thiazole rings is 1. The number of rotatable bonds is 5. The minimum Gasteiger partial charge on any atom is -0.345 e. The number of nitrogens with zero attached hydrogens (tertiary/aromatic N) is 2. The van der Waals surface area contributed by atoms with Crippen LogP contribution in [0.2, 0.25) is 0 Å². The van der Waals surface area contributed by atoms with Gasteiger partial charge in [-0.1, -0.05) is 6.92 Å². The van der Waals surface area contributed by atoms with Crippen LogP contribution in [0.3, 0.4) is 0 Å².